The van der Waals surface area contributed by atoms with Crippen molar-refractivity contribution in [2.75, 3.05) is 13.1 Å². The minimum absolute atomic E-state index is 0.0284. The fraction of sp³-hybridized carbons (Fsp3) is 0.571. The number of aromatic nitrogens is 1. The van der Waals surface area contributed by atoms with Crippen molar-refractivity contribution in [1.29, 1.82) is 0 Å². The molecule has 18 heavy (non-hydrogen) atoms. The number of pyridine rings is 1. The first-order valence-electron chi connectivity index (χ1n) is 6.32. The zero-order valence-electron chi connectivity index (χ0n) is 11.7. The fourth-order valence-corrected chi connectivity index (χ4v) is 1.54. The standard InChI is InChI=1S/C14H23N3O/c1-11(2)16-9-13(18)17-10-14(3,4)12-6-5-7-15-8-12/h5-8,11,16H,9-10H2,1-4H3,(H,17,18). The summed E-state index contributed by atoms with van der Waals surface area (Å²) < 4.78 is 0. The third kappa shape index (κ3) is 4.84. The lowest BCUT2D eigenvalue weighted by atomic mass is 9.86. The van der Waals surface area contributed by atoms with Gasteiger partial charge >= 0.3 is 0 Å². The molecule has 0 saturated carbocycles. The maximum atomic E-state index is 11.6. The summed E-state index contributed by atoms with van der Waals surface area (Å²) in [5.74, 6) is 0.0284. The van der Waals surface area contributed by atoms with Crippen molar-refractivity contribution in [3.63, 3.8) is 0 Å². The molecule has 1 heterocycles. The molecule has 0 radical (unpaired) electrons. The van der Waals surface area contributed by atoms with Crippen molar-refractivity contribution in [3.05, 3.63) is 30.1 Å². The van der Waals surface area contributed by atoms with Gasteiger partial charge in [0.05, 0.1) is 6.54 Å². The van der Waals surface area contributed by atoms with Crippen LogP contribution in [0.25, 0.3) is 0 Å². The van der Waals surface area contributed by atoms with Gasteiger partial charge in [-0.3, -0.25) is 9.78 Å². The van der Waals surface area contributed by atoms with Crippen molar-refractivity contribution in [1.82, 2.24) is 15.6 Å². The molecule has 1 rings (SSSR count). The van der Waals surface area contributed by atoms with Gasteiger partial charge in [0.1, 0.15) is 0 Å². The van der Waals surface area contributed by atoms with E-state index in [2.05, 4.69) is 29.5 Å². The van der Waals surface area contributed by atoms with Crippen LogP contribution in [0.5, 0.6) is 0 Å². The third-order valence-electron chi connectivity index (χ3n) is 2.84. The first-order chi connectivity index (χ1) is 8.42. The van der Waals surface area contributed by atoms with Crippen LogP contribution in [0.2, 0.25) is 0 Å². The predicted molar refractivity (Wildman–Crippen MR) is 73.4 cm³/mol. The van der Waals surface area contributed by atoms with E-state index in [0.717, 1.165) is 5.56 Å². The van der Waals surface area contributed by atoms with E-state index in [9.17, 15) is 4.79 Å². The van der Waals surface area contributed by atoms with Gasteiger partial charge < -0.3 is 10.6 Å². The second-order valence-corrected chi connectivity index (χ2v) is 5.44. The average Bonchev–Trinajstić information content (AvgIpc) is 2.35. The summed E-state index contributed by atoms with van der Waals surface area (Å²) in [5.41, 5.74) is 1.02. The van der Waals surface area contributed by atoms with Crippen LogP contribution < -0.4 is 10.6 Å². The Balaban J connectivity index is 2.45. The lowest BCUT2D eigenvalue weighted by Gasteiger charge is -2.25. The van der Waals surface area contributed by atoms with Crippen LogP contribution in [0, 0.1) is 0 Å². The van der Waals surface area contributed by atoms with Gasteiger partial charge in [0, 0.05) is 30.4 Å². The first kappa shape index (κ1) is 14.6. The number of amides is 1. The van der Waals surface area contributed by atoms with E-state index in [1.807, 2.05) is 32.2 Å². The Morgan fingerprint density at radius 1 is 1.44 bits per heavy atom. The maximum Gasteiger partial charge on any atom is 0.233 e. The summed E-state index contributed by atoms with van der Waals surface area (Å²) in [7, 11) is 0. The smallest absolute Gasteiger partial charge is 0.233 e. The molecule has 4 nitrogen and oxygen atoms in total. The number of nitrogens with zero attached hydrogens (tertiary/aromatic N) is 1. The number of carbonyl (C=O) groups is 1. The highest BCUT2D eigenvalue weighted by molar-refractivity contribution is 5.78. The Labute approximate surface area is 109 Å². The Kier molecular flexibility index (Phi) is 5.28. The molecule has 0 aliphatic heterocycles. The molecule has 1 amide bonds. The molecular weight excluding hydrogens is 226 g/mol. The molecule has 0 saturated heterocycles. The van der Waals surface area contributed by atoms with Crippen molar-refractivity contribution in [3.8, 4) is 0 Å². The largest absolute Gasteiger partial charge is 0.354 e. The lowest BCUT2D eigenvalue weighted by molar-refractivity contribution is -0.120. The highest BCUT2D eigenvalue weighted by atomic mass is 16.1. The van der Waals surface area contributed by atoms with Crippen LogP contribution >= 0.6 is 0 Å². The average molecular weight is 249 g/mol. The van der Waals surface area contributed by atoms with Crippen molar-refractivity contribution in [2.24, 2.45) is 0 Å². The van der Waals surface area contributed by atoms with E-state index in [0.29, 0.717) is 19.1 Å². The molecule has 1 aromatic rings. The second-order valence-electron chi connectivity index (χ2n) is 5.44. The monoisotopic (exact) mass is 249 g/mol. The van der Waals surface area contributed by atoms with Gasteiger partial charge in [-0.1, -0.05) is 33.8 Å². The zero-order valence-corrected chi connectivity index (χ0v) is 11.7. The number of rotatable bonds is 6. The van der Waals surface area contributed by atoms with Gasteiger partial charge in [0.2, 0.25) is 5.91 Å². The topological polar surface area (TPSA) is 54.0 Å². The van der Waals surface area contributed by atoms with Crippen molar-refractivity contribution < 1.29 is 4.79 Å². The predicted octanol–water partition coefficient (Wildman–Crippen LogP) is 1.47. The molecule has 0 unspecified atom stereocenters. The highest BCUT2D eigenvalue weighted by Gasteiger charge is 2.21. The maximum absolute atomic E-state index is 11.6. The minimum atomic E-state index is -0.109. The van der Waals surface area contributed by atoms with E-state index >= 15 is 0 Å². The van der Waals surface area contributed by atoms with Crippen LogP contribution in [0.3, 0.4) is 0 Å². The summed E-state index contributed by atoms with van der Waals surface area (Å²) in [4.78, 5) is 15.7. The summed E-state index contributed by atoms with van der Waals surface area (Å²) in [6.45, 7) is 9.21. The van der Waals surface area contributed by atoms with Crippen molar-refractivity contribution in [2.45, 2.75) is 39.2 Å². The molecule has 2 N–H and O–H groups in total. The summed E-state index contributed by atoms with van der Waals surface area (Å²) in [6, 6.07) is 4.27. The fourth-order valence-electron chi connectivity index (χ4n) is 1.54. The molecule has 0 aliphatic rings. The normalized spacial score (nSPS) is 11.6. The number of hydrogen-bond donors (Lipinski definition) is 2. The van der Waals surface area contributed by atoms with E-state index in [-0.39, 0.29) is 11.3 Å². The molecule has 4 heteroatoms. The molecular formula is C14H23N3O. The van der Waals surface area contributed by atoms with Gasteiger partial charge in [-0.25, -0.2) is 0 Å². The van der Waals surface area contributed by atoms with Gasteiger partial charge in [0.25, 0.3) is 0 Å². The molecule has 0 atom stereocenters. The highest BCUT2D eigenvalue weighted by Crippen LogP contribution is 2.20. The van der Waals surface area contributed by atoms with Crippen LogP contribution in [-0.2, 0) is 10.2 Å². The SMILES string of the molecule is CC(C)NCC(=O)NCC(C)(C)c1cccnc1. The molecule has 1 aromatic heterocycles. The van der Waals surface area contributed by atoms with Crippen LogP contribution in [-0.4, -0.2) is 30.0 Å². The zero-order chi connectivity index (χ0) is 13.6. The minimum Gasteiger partial charge on any atom is -0.354 e. The number of hydrogen-bond acceptors (Lipinski definition) is 3. The van der Waals surface area contributed by atoms with Crippen LogP contribution in [0.4, 0.5) is 0 Å². The number of carbonyl (C=O) groups excluding carboxylic acids is 1. The van der Waals surface area contributed by atoms with Crippen molar-refractivity contribution >= 4 is 5.91 Å². The second kappa shape index (κ2) is 6.50. The molecule has 0 aromatic carbocycles. The third-order valence-corrected chi connectivity index (χ3v) is 2.84. The Bertz CT molecular complexity index is 374. The van der Waals surface area contributed by atoms with E-state index in [1.54, 1.807) is 6.20 Å². The molecule has 100 valence electrons. The lowest BCUT2D eigenvalue weighted by Crippen LogP contribution is -2.42. The quantitative estimate of drug-likeness (QED) is 0.803. The molecule has 0 fully saturated rings. The van der Waals surface area contributed by atoms with Gasteiger partial charge in [-0.2, -0.15) is 0 Å². The Morgan fingerprint density at radius 3 is 2.72 bits per heavy atom. The summed E-state index contributed by atoms with van der Waals surface area (Å²) in [5, 5.41) is 6.04. The summed E-state index contributed by atoms with van der Waals surface area (Å²) in [6.07, 6.45) is 3.60. The molecule has 0 aliphatic carbocycles. The van der Waals surface area contributed by atoms with E-state index < -0.39 is 0 Å². The van der Waals surface area contributed by atoms with Gasteiger partial charge in [0.15, 0.2) is 0 Å². The van der Waals surface area contributed by atoms with Crippen LogP contribution in [0.15, 0.2) is 24.5 Å². The van der Waals surface area contributed by atoms with E-state index in [1.165, 1.54) is 0 Å². The van der Waals surface area contributed by atoms with Gasteiger partial charge in [-0.15, -0.1) is 0 Å². The molecule has 0 spiro atoms. The van der Waals surface area contributed by atoms with Gasteiger partial charge in [-0.05, 0) is 11.6 Å². The Hall–Kier alpha value is -1.42. The first-order valence-corrected chi connectivity index (χ1v) is 6.32. The molecule has 0 bridgehead atoms. The van der Waals surface area contributed by atoms with E-state index in [4.69, 9.17) is 0 Å². The van der Waals surface area contributed by atoms with Crippen LogP contribution in [0.1, 0.15) is 33.3 Å². The summed E-state index contributed by atoms with van der Waals surface area (Å²) >= 11 is 0. The Morgan fingerprint density at radius 2 is 2.17 bits per heavy atom. The number of nitrogens with one attached hydrogen (secondary N) is 2.